The average molecular weight is 415 g/mol. The summed E-state index contributed by atoms with van der Waals surface area (Å²) in [5, 5.41) is 1.97. The van der Waals surface area contributed by atoms with E-state index in [2.05, 4.69) is 0 Å². The molecule has 1 amide bonds. The Balaban J connectivity index is 1.55. The summed E-state index contributed by atoms with van der Waals surface area (Å²) in [4.78, 5) is 15.1. The second kappa shape index (κ2) is 6.84. The Labute approximate surface area is 183 Å². The van der Waals surface area contributed by atoms with Crippen LogP contribution in [0.5, 0.6) is 5.75 Å². The Morgan fingerprint density at radius 3 is 2.26 bits per heavy atom. The van der Waals surface area contributed by atoms with E-state index in [1.54, 1.807) is 7.11 Å². The summed E-state index contributed by atoms with van der Waals surface area (Å²) in [5.74, 6) is 0.816. The van der Waals surface area contributed by atoms with E-state index in [0.29, 0.717) is 6.54 Å². The monoisotopic (exact) mass is 415 g/mol. The van der Waals surface area contributed by atoms with Crippen LogP contribution < -0.4 is 15.1 Å². The lowest BCUT2D eigenvalue weighted by Gasteiger charge is -2.32. The molecule has 0 bridgehead atoms. The number of anilines is 1. The van der Waals surface area contributed by atoms with Gasteiger partial charge in [-0.1, -0.05) is 30.3 Å². The van der Waals surface area contributed by atoms with Crippen LogP contribution in [-0.4, -0.2) is 31.3 Å². The molecule has 0 atom stereocenters. The van der Waals surface area contributed by atoms with Gasteiger partial charge in [-0.15, -0.1) is 0 Å². The zero-order valence-electron chi connectivity index (χ0n) is 18.6. The number of benzene rings is 3. The van der Waals surface area contributed by atoms with E-state index in [9.17, 15) is 4.79 Å². The lowest BCUT2D eigenvalue weighted by Crippen LogP contribution is -2.41. The highest BCUT2D eigenvalue weighted by Crippen LogP contribution is 2.40. The van der Waals surface area contributed by atoms with E-state index in [0.717, 1.165) is 38.8 Å². The summed E-state index contributed by atoms with van der Waals surface area (Å²) in [6, 6.07) is 17.7. The third-order valence-electron chi connectivity index (χ3n) is 6.83. The number of hydrogen-bond acceptors (Lipinski definition) is 4. The molecule has 0 radical (unpaired) electrons. The summed E-state index contributed by atoms with van der Waals surface area (Å²) in [5.41, 5.74) is 2.81. The van der Waals surface area contributed by atoms with Gasteiger partial charge in [0, 0.05) is 10.9 Å². The molecule has 1 saturated heterocycles. The second-order valence-electron chi connectivity index (χ2n) is 9.23. The SMILES string of the molecule is COc1ccc(CN2C(=O)c3cccc4c(B5OC(C)(C)C(C)(C)O5)ccc2c34)cc1. The van der Waals surface area contributed by atoms with Crippen LogP contribution in [0.3, 0.4) is 0 Å². The minimum Gasteiger partial charge on any atom is -0.497 e. The molecule has 31 heavy (non-hydrogen) atoms. The zero-order valence-corrected chi connectivity index (χ0v) is 18.6. The predicted octanol–water partition coefficient (Wildman–Crippen LogP) is 4.31. The van der Waals surface area contributed by atoms with Gasteiger partial charge in [-0.05, 0) is 68.4 Å². The normalized spacial score (nSPS) is 18.8. The summed E-state index contributed by atoms with van der Waals surface area (Å²) in [7, 11) is 1.17. The van der Waals surface area contributed by atoms with Gasteiger partial charge in [0.15, 0.2) is 0 Å². The predicted molar refractivity (Wildman–Crippen MR) is 123 cm³/mol. The molecule has 0 aliphatic carbocycles. The van der Waals surface area contributed by atoms with Crippen LogP contribution in [0.2, 0.25) is 0 Å². The zero-order chi connectivity index (χ0) is 22.0. The molecule has 2 heterocycles. The summed E-state index contributed by atoms with van der Waals surface area (Å²) in [6.07, 6.45) is 0. The molecule has 3 aromatic rings. The summed E-state index contributed by atoms with van der Waals surface area (Å²) < 4.78 is 17.8. The first-order valence-electron chi connectivity index (χ1n) is 10.6. The Bertz CT molecular complexity index is 1170. The highest BCUT2D eigenvalue weighted by molar-refractivity contribution is 6.65. The standard InChI is InChI=1S/C25H26BNO4/c1-24(2)25(3,4)31-26(30-24)20-13-14-21-22-18(20)7-6-8-19(22)23(28)27(21)15-16-9-11-17(29-5)12-10-16/h6-14H,15H2,1-5H3. The van der Waals surface area contributed by atoms with Gasteiger partial charge >= 0.3 is 7.12 Å². The fourth-order valence-electron chi connectivity index (χ4n) is 4.31. The molecular formula is C25H26BNO4. The molecular weight excluding hydrogens is 389 g/mol. The maximum atomic E-state index is 13.3. The third-order valence-corrected chi connectivity index (χ3v) is 6.83. The molecule has 0 saturated carbocycles. The van der Waals surface area contributed by atoms with Crippen molar-refractivity contribution in [1.82, 2.24) is 0 Å². The van der Waals surface area contributed by atoms with Crippen molar-refractivity contribution in [3.63, 3.8) is 0 Å². The van der Waals surface area contributed by atoms with Crippen molar-refractivity contribution in [2.75, 3.05) is 12.0 Å². The summed E-state index contributed by atoms with van der Waals surface area (Å²) in [6.45, 7) is 8.70. The van der Waals surface area contributed by atoms with Gasteiger partial charge in [-0.2, -0.15) is 0 Å². The van der Waals surface area contributed by atoms with Crippen molar-refractivity contribution in [2.45, 2.75) is 45.4 Å². The lowest BCUT2D eigenvalue weighted by atomic mass is 9.75. The maximum absolute atomic E-state index is 13.3. The number of ether oxygens (including phenoxy) is 1. The minimum atomic E-state index is -0.472. The van der Waals surface area contributed by atoms with Crippen LogP contribution in [0.1, 0.15) is 43.6 Å². The molecule has 5 nitrogen and oxygen atoms in total. The minimum absolute atomic E-state index is 0.0162. The van der Waals surface area contributed by atoms with Gasteiger partial charge in [-0.3, -0.25) is 4.79 Å². The molecule has 0 aromatic heterocycles. The van der Waals surface area contributed by atoms with Crippen molar-refractivity contribution >= 4 is 34.9 Å². The van der Waals surface area contributed by atoms with Crippen LogP contribution in [0.4, 0.5) is 5.69 Å². The average Bonchev–Trinajstić information content (AvgIpc) is 3.13. The van der Waals surface area contributed by atoms with Crippen LogP contribution in [0.25, 0.3) is 10.8 Å². The number of nitrogens with zero attached hydrogens (tertiary/aromatic N) is 1. The molecule has 1 fully saturated rings. The Hall–Kier alpha value is -2.83. The van der Waals surface area contributed by atoms with Crippen molar-refractivity contribution in [3.8, 4) is 5.75 Å². The molecule has 0 unspecified atom stereocenters. The van der Waals surface area contributed by atoms with Crippen LogP contribution in [0.15, 0.2) is 54.6 Å². The van der Waals surface area contributed by atoms with Crippen LogP contribution in [-0.2, 0) is 15.9 Å². The van der Waals surface area contributed by atoms with E-state index in [4.69, 9.17) is 14.0 Å². The highest BCUT2D eigenvalue weighted by Gasteiger charge is 2.52. The number of rotatable bonds is 4. The molecule has 6 heteroatoms. The fourth-order valence-corrected chi connectivity index (χ4v) is 4.31. The van der Waals surface area contributed by atoms with Gasteiger partial charge in [-0.25, -0.2) is 0 Å². The Kier molecular flexibility index (Phi) is 4.43. The Morgan fingerprint density at radius 2 is 1.61 bits per heavy atom. The van der Waals surface area contributed by atoms with E-state index in [1.807, 2.05) is 87.2 Å². The smallest absolute Gasteiger partial charge is 0.495 e. The van der Waals surface area contributed by atoms with Gasteiger partial charge < -0.3 is 18.9 Å². The van der Waals surface area contributed by atoms with Crippen LogP contribution in [0, 0.1) is 0 Å². The van der Waals surface area contributed by atoms with Crippen molar-refractivity contribution in [3.05, 3.63) is 65.7 Å². The Morgan fingerprint density at radius 1 is 0.935 bits per heavy atom. The molecule has 2 aliphatic rings. The lowest BCUT2D eigenvalue weighted by molar-refractivity contribution is 0.00578. The molecule has 0 N–H and O–H groups in total. The van der Waals surface area contributed by atoms with E-state index >= 15 is 0 Å². The molecule has 5 rings (SSSR count). The van der Waals surface area contributed by atoms with Gasteiger partial charge in [0.2, 0.25) is 0 Å². The van der Waals surface area contributed by atoms with E-state index in [1.165, 1.54) is 0 Å². The first kappa shape index (κ1) is 20.1. The quantitative estimate of drug-likeness (QED) is 0.596. The molecule has 0 spiro atoms. The number of carbonyl (C=O) groups excluding carboxylic acids is 1. The van der Waals surface area contributed by atoms with Crippen molar-refractivity contribution in [2.24, 2.45) is 0 Å². The van der Waals surface area contributed by atoms with Gasteiger partial charge in [0.1, 0.15) is 5.75 Å². The number of amides is 1. The third kappa shape index (κ3) is 3.05. The van der Waals surface area contributed by atoms with Crippen molar-refractivity contribution < 1.29 is 18.8 Å². The number of hydrogen-bond donors (Lipinski definition) is 0. The fraction of sp³-hybridized carbons (Fsp3) is 0.320. The first-order chi connectivity index (χ1) is 14.7. The van der Waals surface area contributed by atoms with E-state index in [-0.39, 0.29) is 5.91 Å². The molecule has 2 aliphatic heterocycles. The topological polar surface area (TPSA) is 48.0 Å². The maximum Gasteiger partial charge on any atom is 0.495 e. The van der Waals surface area contributed by atoms with Gasteiger partial charge in [0.25, 0.3) is 5.91 Å². The largest absolute Gasteiger partial charge is 0.497 e. The number of carbonyl (C=O) groups is 1. The van der Waals surface area contributed by atoms with E-state index < -0.39 is 18.3 Å². The molecule has 3 aromatic carbocycles. The highest BCUT2D eigenvalue weighted by atomic mass is 16.7. The molecule has 158 valence electrons. The number of methoxy groups -OCH3 is 1. The summed E-state index contributed by atoms with van der Waals surface area (Å²) >= 11 is 0. The van der Waals surface area contributed by atoms with Crippen LogP contribution >= 0.6 is 0 Å². The first-order valence-corrected chi connectivity index (χ1v) is 10.6. The second-order valence-corrected chi connectivity index (χ2v) is 9.23. The van der Waals surface area contributed by atoms with Crippen molar-refractivity contribution in [1.29, 1.82) is 0 Å². The van der Waals surface area contributed by atoms with Gasteiger partial charge in [0.05, 0.1) is 30.5 Å².